The molecule has 16 nitrogen and oxygen atoms in total. The van der Waals surface area contributed by atoms with Crippen LogP contribution in [0.2, 0.25) is 0 Å². The van der Waals surface area contributed by atoms with Crippen LogP contribution in [0.25, 0.3) is 11.2 Å². The first-order valence-electron chi connectivity index (χ1n) is 12.9. The Kier molecular flexibility index (Phi) is 8.78. The lowest BCUT2D eigenvalue weighted by atomic mass is 10.1. The van der Waals surface area contributed by atoms with Crippen molar-refractivity contribution < 1.29 is 38.0 Å². The van der Waals surface area contributed by atoms with Crippen molar-refractivity contribution in [3.63, 3.8) is 0 Å². The van der Waals surface area contributed by atoms with Gasteiger partial charge in [-0.3, -0.25) is 19.2 Å². The number of nitrogens with zero attached hydrogens (tertiary/aromatic N) is 5. The molecule has 226 valence electrons. The van der Waals surface area contributed by atoms with E-state index in [2.05, 4.69) is 30.9 Å². The number of ether oxygens (including phenoxy) is 2. The zero-order chi connectivity index (χ0) is 30.7. The zero-order valence-electron chi connectivity index (χ0n) is 22.8. The first kappa shape index (κ1) is 29.8. The molecule has 0 spiro atoms. The molecular weight excluding hydrogens is 584 g/mol. The van der Waals surface area contributed by atoms with Gasteiger partial charge in [-0.15, -0.1) is 0 Å². The molecule has 4 aromatic rings. The van der Waals surface area contributed by atoms with Crippen molar-refractivity contribution in [1.82, 2.24) is 24.8 Å². The molecule has 5 rings (SSSR count). The van der Waals surface area contributed by atoms with Gasteiger partial charge < -0.3 is 30.3 Å². The van der Waals surface area contributed by atoms with E-state index in [0.29, 0.717) is 18.0 Å². The maximum absolute atomic E-state index is 13.1. The van der Waals surface area contributed by atoms with Gasteiger partial charge >= 0.3 is 6.03 Å². The monoisotopic (exact) mass is 612 g/mol. The molecule has 1 aliphatic heterocycles. The smallest absolute Gasteiger partial charge is 0.324 e. The van der Waals surface area contributed by atoms with E-state index in [1.165, 1.54) is 18.0 Å². The van der Waals surface area contributed by atoms with Crippen molar-refractivity contribution >= 4 is 57.2 Å². The average molecular weight is 613 g/mol. The highest BCUT2D eigenvalue weighted by molar-refractivity contribution is 7.81. The van der Waals surface area contributed by atoms with Crippen molar-refractivity contribution in [2.75, 3.05) is 28.6 Å². The molecule has 0 saturated carbocycles. The number of imidazole rings is 1. The topological polar surface area (TPSA) is 213 Å². The second-order valence-corrected chi connectivity index (χ2v) is 10.0. The Hall–Kier alpha value is -4.68. The van der Waals surface area contributed by atoms with Crippen LogP contribution in [-0.4, -0.2) is 82.4 Å². The van der Waals surface area contributed by atoms with E-state index in [4.69, 9.17) is 9.47 Å². The van der Waals surface area contributed by atoms with E-state index in [1.807, 2.05) is 0 Å². The highest BCUT2D eigenvalue weighted by atomic mass is 32.2. The maximum Gasteiger partial charge on any atom is 0.324 e. The number of methoxy groups -OCH3 is 1. The largest absolute Gasteiger partial charge is 0.497 e. The van der Waals surface area contributed by atoms with E-state index in [1.54, 1.807) is 55.5 Å². The molecule has 43 heavy (non-hydrogen) atoms. The SMILES string of the molecule is CCNC(=O)[C@H]1O[C@@H](n2cnc3c(NC(=O)Nc4ccccc4N(c4ccc(OC)cc4)S(=O)O)ncnc32)[C@H](O)[C@@H]1O. The van der Waals surface area contributed by atoms with Crippen molar-refractivity contribution in [2.45, 2.75) is 31.5 Å². The number of aliphatic hydroxyl groups excluding tert-OH is 2. The maximum atomic E-state index is 13.1. The molecule has 1 aliphatic rings. The summed E-state index contributed by atoms with van der Waals surface area (Å²) in [6.07, 6.45) is -3.04. The quantitative estimate of drug-likeness (QED) is 0.149. The normalized spacial score (nSPS) is 20.4. The van der Waals surface area contributed by atoms with Gasteiger partial charge in [0.25, 0.3) is 17.2 Å². The van der Waals surface area contributed by atoms with Crippen LogP contribution in [0.4, 0.5) is 27.7 Å². The van der Waals surface area contributed by atoms with Crippen molar-refractivity contribution in [1.29, 1.82) is 0 Å². The number of urea groups is 1. The third-order valence-corrected chi connectivity index (χ3v) is 7.27. The standard InChI is InChI=1S/C26H28N8O8S/c1-3-27-24(37)21-19(35)20(36)25(42-21)33-13-30-18-22(28-12-29-23(18)33)32-26(38)31-16-6-4-5-7-17(16)34(43(39)40)14-8-10-15(41-2)11-9-14/h4-13,19-21,25,35-36H,3H2,1-2H3,(H,27,37)(H,39,40)(H2,28,29,31,32,38)/t19-,20+,21-,25+/m0/s1. The van der Waals surface area contributed by atoms with Gasteiger partial charge in [0.2, 0.25) is 0 Å². The van der Waals surface area contributed by atoms with E-state index < -0.39 is 47.7 Å². The Morgan fingerprint density at radius 3 is 2.51 bits per heavy atom. The second-order valence-electron chi connectivity index (χ2n) is 9.19. The lowest BCUT2D eigenvalue weighted by molar-refractivity contribution is -0.137. The second kappa shape index (κ2) is 12.7. The summed E-state index contributed by atoms with van der Waals surface area (Å²) in [5, 5.41) is 28.8. The summed E-state index contributed by atoms with van der Waals surface area (Å²) in [6, 6.07) is 12.1. The number of carbonyl (C=O) groups excluding carboxylic acids is 2. The highest BCUT2D eigenvalue weighted by Gasteiger charge is 2.47. The van der Waals surface area contributed by atoms with Crippen LogP contribution < -0.4 is 25.0 Å². The molecule has 5 atom stereocenters. The van der Waals surface area contributed by atoms with Crippen LogP contribution in [0.1, 0.15) is 13.2 Å². The minimum Gasteiger partial charge on any atom is -0.497 e. The number of likely N-dealkylation sites (N-methyl/N-ethyl adjacent to an activating group) is 1. The third-order valence-electron chi connectivity index (χ3n) is 6.55. The Balaban J connectivity index is 1.37. The summed E-state index contributed by atoms with van der Waals surface area (Å²) in [7, 11) is 1.50. The average Bonchev–Trinajstić information content (AvgIpc) is 3.55. The lowest BCUT2D eigenvalue weighted by Crippen LogP contribution is -2.42. The van der Waals surface area contributed by atoms with E-state index >= 15 is 0 Å². The Morgan fingerprint density at radius 1 is 1.07 bits per heavy atom. The van der Waals surface area contributed by atoms with Gasteiger partial charge in [0, 0.05) is 6.54 Å². The van der Waals surface area contributed by atoms with Gasteiger partial charge in [0.05, 0.1) is 30.5 Å². The lowest BCUT2D eigenvalue weighted by Gasteiger charge is -2.23. The number of anilines is 4. The predicted molar refractivity (Wildman–Crippen MR) is 155 cm³/mol. The predicted octanol–water partition coefficient (Wildman–Crippen LogP) is 1.51. The number of fused-ring (bicyclic) bond motifs is 1. The number of rotatable bonds is 9. The number of carbonyl (C=O) groups is 2. The van der Waals surface area contributed by atoms with Crippen LogP contribution >= 0.6 is 0 Å². The molecule has 0 aliphatic carbocycles. The van der Waals surface area contributed by atoms with Gasteiger partial charge in [0.15, 0.2) is 29.3 Å². The van der Waals surface area contributed by atoms with Crippen molar-refractivity contribution in [3.8, 4) is 5.75 Å². The van der Waals surface area contributed by atoms with Crippen LogP contribution in [-0.2, 0) is 20.8 Å². The number of hydrogen-bond acceptors (Lipinski definition) is 10. The molecule has 1 fully saturated rings. The summed E-state index contributed by atoms with van der Waals surface area (Å²) in [6.45, 7) is 2.02. The molecule has 2 aromatic carbocycles. The summed E-state index contributed by atoms with van der Waals surface area (Å²) in [4.78, 5) is 37.9. The summed E-state index contributed by atoms with van der Waals surface area (Å²) in [5.41, 5.74) is 1.10. The minimum absolute atomic E-state index is 0.00443. The molecule has 17 heteroatoms. The van der Waals surface area contributed by atoms with Gasteiger partial charge in [-0.2, -0.15) is 0 Å². The summed E-state index contributed by atoms with van der Waals surface area (Å²) >= 11 is -2.49. The van der Waals surface area contributed by atoms with Gasteiger partial charge in [0.1, 0.15) is 24.3 Å². The molecule has 1 unspecified atom stereocenters. The Labute approximate surface area is 247 Å². The summed E-state index contributed by atoms with van der Waals surface area (Å²) < 4.78 is 35.7. The van der Waals surface area contributed by atoms with Gasteiger partial charge in [-0.05, 0) is 43.3 Å². The molecule has 3 heterocycles. The number of benzene rings is 2. The van der Waals surface area contributed by atoms with Crippen LogP contribution in [0.15, 0.2) is 61.2 Å². The molecule has 0 radical (unpaired) electrons. The fraction of sp³-hybridized carbons (Fsp3) is 0.269. The Morgan fingerprint density at radius 2 is 1.81 bits per heavy atom. The van der Waals surface area contributed by atoms with Gasteiger partial charge in [-0.25, -0.2) is 28.3 Å². The number of aromatic nitrogens is 4. The molecule has 2 aromatic heterocycles. The zero-order valence-corrected chi connectivity index (χ0v) is 23.6. The number of hydrogen-bond donors (Lipinski definition) is 6. The molecule has 3 amide bonds. The minimum atomic E-state index is -2.49. The van der Waals surface area contributed by atoms with E-state index in [9.17, 15) is 28.6 Å². The van der Waals surface area contributed by atoms with E-state index in [-0.39, 0.29) is 28.4 Å². The number of amides is 3. The molecular formula is C26H28N8O8S. The molecule has 6 N–H and O–H groups in total. The highest BCUT2D eigenvalue weighted by Crippen LogP contribution is 2.35. The Bertz CT molecular complexity index is 1650. The van der Waals surface area contributed by atoms with Crippen molar-refractivity contribution in [2.24, 2.45) is 0 Å². The first-order valence-corrected chi connectivity index (χ1v) is 14.0. The fourth-order valence-electron chi connectivity index (χ4n) is 4.56. The van der Waals surface area contributed by atoms with Crippen LogP contribution in [0.5, 0.6) is 5.75 Å². The first-order chi connectivity index (χ1) is 20.7. The molecule has 0 bridgehead atoms. The third kappa shape index (κ3) is 5.97. The van der Waals surface area contributed by atoms with Crippen LogP contribution in [0, 0.1) is 0 Å². The van der Waals surface area contributed by atoms with Crippen molar-refractivity contribution in [3.05, 3.63) is 61.2 Å². The number of aliphatic hydroxyl groups is 2. The fourth-order valence-corrected chi connectivity index (χ4v) is 5.19. The van der Waals surface area contributed by atoms with E-state index in [0.717, 1.165) is 10.6 Å². The van der Waals surface area contributed by atoms with Gasteiger partial charge in [-0.1, -0.05) is 12.1 Å². The summed E-state index contributed by atoms with van der Waals surface area (Å²) in [5.74, 6) is -0.0147. The number of nitrogens with one attached hydrogen (secondary N) is 3. The number of para-hydroxylation sites is 2. The van der Waals surface area contributed by atoms with Crippen LogP contribution in [0.3, 0.4) is 0 Å². The molecule has 1 saturated heterocycles.